The molecule has 0 bridgehead atoms. The number of carbonyl (C=O) groups excluding carboxylic acids is 2. The van der Waals surface area contributed by atoms with Crippen LogP contribution < -0.4 is 10.1 Å². The van der Waals surface area contributed by atoms with Crippen LogP contribution in [0.5, 0.6) is 5.75 Å². The first-order chi connectivity index (χ1) is 15.1. The van der Waals surface area contributed by atoms with Gasteiger partial charge >= 0.3 is 5.97 Å². The predicted molar refractivity (Wildman–Crippen MR) is 115 cm³/mol. The van der Waals surface area contributed by atoms with Crippen molar-refractivity contribution in [1.82, 2.24) is 15.1 Å². The quantitative estimate of drug-likeness (QED) is 0.519. The highest BCUT2D eigenvalue weighted by molar-refractivity contribution is 6.00. The normalized spacial score (nSPS) is 16.2. The number of nitrogens with zero attached hydrogens (tertiary/aromatic N) is 2. The zero-order valence-electron chi connectivity index (χ0n) is 17.5. The minimum Gasteiger partial charge on any atom is -0.482 e. The average Bonchev–Trinajstić information content (AvgIpc) is 3.17. The molecule has 7 nitrogen and oxygen atoms in total. The van der Waals surface area contributed by atoms with Gasteiger partial charge in [-0.3, -0.25) is 4.79 Å². The van der Waals surface area contributed by atoms with Crippen molar-refractivity contribution in [1.29, 1.82) is 0 Å². The summed E-state index contributed by atoms with van der Waals surface area (Å²) in [5.74, 6) is 0.266. The molecule has 1 spiro atoms. The van der Waals surface area contributed by atoms with Gasteiger partial charge in [0.25, 0.3) is 0 Å². The summed E-state index contributed by atoms with van der Waals surface area (Å²) in [6.07, 6.45) is 2.33. The lowest BCUT2D eigenvalue weighted by atomic mass is 9.80. The van der Waals surface area contributed by atoms with E-state index in [1.54, 1.807) is 22.9 Å². The van der Waals surface area contributed by atoms with Crippen molar-refractivity contribution >= 4 is 12.3 Å². The molecule has 31 heavy (non-hydrogen) atoms. The van der Waals surface area contributed by atoms with Crippen molar-refractivity contribution in [3.8, 4) is 22.7 Å². The largest absolute Gasteiger partial charge is 0.482 e. The zero-order valence-corrected chi connectivity index (χ0v) is 17.5. The molecule has 5 rings (SSSR count). The van der Waals surface area contributed by atoms with E-state index in [-0.39, 0.29) is 11.1 Å². The van der Waals surface area contributed by atoms with Crippen LogP contribution in [0.15, 0.2) is 42.5 Å². The van der Waals surface area contributed by atoms with Crippen molar-refractivity contribution in [2.75, 3.05) is 20.2 Å². The number of piperidine rings is 1. The molecule has 0 amide bonds. The molecule has 0 radical (unpaired) electrons. The summed E-state index contributed by atoms with van der Waals surface area (Å²) in [4.78, 5) is 24.2. The molecule has 1 fully saturated rings. The fourth-order valence-corrected chi connectivity index (χ4v) is 4.82. The maximum atomic E-state index is 12.2. The van der Waals surface area contributed by atoms with Crippen LogP contribution in [-0.4, -0.2) is 42.2 Å². The number of benzene rings is 2. The van der Waals surface area contributed by atoms with Crippen molar-refractivity contribution in [3.63, 3.8) is 0 Å². The van der Waals surface area contributed by atoms with Gasteiger partial charge in [0.05, 0.1) is 23.9 Å². The number of esters is 1. The minimum atomic E-state index is -0.554. The second-order valence-corrected chi connectivity index (χ2v) is 7.91. The SMILES string of the molecule is COC(=O)c1cccc(-n2nc3c(c2C)C2(CCNCC2)Oc2ccccc2-3)c1C=O. The van der Waals surface area contributed by atoms with E-state index in [0.717, 1.165) is 54.2 Å². The molecule has 2 aromatic carbocycles. The van der Waals surface area contributed by atoms with Gasteiger partial charge < -0.3 is 14.8 Å². The Hall–Kier alpha value is -3.45. The molecule has 1 N–H and O–H groups in total. The van der Waals surface area contributed by atoms with Crippen LogP contribution in [0.25, 0.3) is 16.9 Å². The van der Waals surface area contributed by atoms with Crippen LogP contribution in [-0.2, 0) is 10.3 Å². The fraction of sp³-hybridized carbons (Fsp3) is 0.292. The maximum absolute atomic E-state index is 12.2. The Labute approximate surface area is 180 Å². The smallest absolute Gasteiger partial charge is 0.338 e. The maximum Gasteiger partial charge on any atom is 0.338 e. The first-order valence-corrected chi connectivity index (χ1v) is 10.4. The topological polar surface area (TPSA) is 82.5 Å². The molecule has 0 atom stereocenters. The van der Waals surface area contributed by atoms with Crippen molar-refractivity contribution in [3.05, 3.63) is 64.8 Å². The molecule has 158 valence electrons. The molecular formula is C24H23N3O4. The number of fused-ring (bicyclic) bond motifs is 4. The van der Waals surface area contributed by atoms with Gasteiger partial charge in [0.1, 0.15) is 17.0 Å². The van der Waals surface area contributed by atoms with Gasteiger partial charge in [0.15, 0.2) is 6.29 Å². The number of hydrogen-bond acceptors (Lipinski definition) is 6. The van der Waals surface area contributed by atoms with E-state index < -0.39 is 11.6 Å². The zero-order chi connectivity index (χ0) is 21.6. The highest BCUT2D eigenvalue weighted by atomic mass is 16.5. The Balaban J connectivity index is 1.77. The van der Waals surface area contributed by atoms with E-state index in [0.29, 0.717) is 12.0 Å². The Morgan fingerprint density at radius 3 is 2.71 bits per heavy atom. The number of aldehydes is 1. The number of ether oxygens (including phenoxy) is 2. The Morgan fingerprint density at radius 1 is 1.19 bits per heavy atom. The van der Waals surface area contributed by atoms with Gasteiger partial charge in [-0.1, -0.05) is 18.2 Å². The number of hydrogen-bond donors (Lipinski definition) is 1. The third-order valence-corrected chi connectivity index (χ3v) is 6.27. The first-order valence-electron chi connectivity index (χ1n) is 10.4. The molecule has 2 aliphatic heterocycles. The molecule has 2 aliphatic rings. The second-order valence-electron chi connectivity index (χ2n) is 7.91. The van der Waals surface area contributed by atoms with Crippen molar-refractivity contribution < 1.29 is 19.1 Å². The van der Waals surface area contributed by atoms with E-state index >= 15 is 0 Å². The molecule has 1 aromatic heterocycles. The lowest BCUT2D eigenvalue weighted by molar-refractivity contribution is 0.0301. The van der Waals surface area contributed by atoms with E-state index in [4.69, 9.17) is 14.6 Å². The lowest BCUT2D eigenvalue weighted by Gasteiger charge is -2.41. The molecule has 0 unspecified atom stereocenters. The molecule has 3 heterocycles. The number of para-hydroxylation sites is 1. The van der Waals surface area contributed by atoms with Gasteiger partial charge in [-0.05, 0) is 44.3 Å². The Bertz CT molecular complexity index is 1190. The fourth-order valence-electron chi connectivity index (χ4n) is 4.82. The predicted octanol–water partition coefficient (Wildman–Crippen LogP) is 3.42. The van der Waals surface area contributed by atoms with E-state index in [1.165, 1.54) is 7.11 Å². The van der Waals surface area contributed by atoms with E-state index in [9.17, 15) is 9.59 Å². The minimum absolute atomic E-state index is 0.219. The highest BCUT2D eigenvalue weighted by Gasteiger charge is 2.45. The van der Waals surface area contributed by atoms with Crippen LogP contribution >= 0.6 is 0 Å². The summed E-state index contributed by atoms with van der Waals surface area (Å²) in [5, 5.41) is 8.36. The van der Waals surface area contributed by atoms with Crippen molar-refractivity contribution in [2.45, 2.75) is 25.4 Å². The highest BCUT2D eigenvalue weighted by Crippen LogP contribution is 2.50. The third-order valence-electron chi connectivity index (χ3n) is 6.27. The molecule has 7 heteroatoms. The van der Waals surface area contributed by atoms with Gasteiger partial charge in [-0.15, -0.1) is 0 Å². The van der Waals surface area contributed by atoms with E-state index in [1.807, 2.05) is 31.2 Å². The third kappa shape index (κ3) is 2.88. The summed E-state index contributed by atoms with van der Waals surface area (Å²) in [6.45, 7) is 3.69. The Morgan fingerprint density at radius 2 is 1.97 bits per heavy atom. The molecule has 1 saturated heterocycles. The second kappa shape index (κ2) is 7.35. The van der Waals surface area contributed by atoms with Gasteiger partial charge in [0, 0.05) is 29.7 Å². The van der Waals surface area contributed by atoms with Gasteiger partial charge in [-0.25, -0.2) is 9.48 Å². The summed E-state index contributed by atoms with van der Waals surface area (Å²) in [6, 6.07) is 13.0. The number of carbonyl (C=O) groups is 2. The molecule has 0 aliphatic carbocycles. The number of methoxy groups -OCH3 is 1. The van der Waals surface area contributed by atoms with E-state index in [2.05, 4.69) is 5.32 Å². The number of rotatable bonds is 3. The molecular weight excluding hydrogens is 394 g/mol. The Kier molecular flexibility index (Phi) is 4.63. The number of nitrogens with one attached hydrogen (secondary N) is 1. The van der Waals surface area contributed by atoms with Crippen LogP contribution in [0.1, 0.15) is 44.8 Å². The summed E-state index contributed by atoms with van der Waals surface area (Å²) >= 11 is 0. The average molecular weight is 417 g/mol. The summed E-state index contributed by atoms with van der Waals surface area (Å²) in [5.41, 5.74) is 4.29. The lowest BCUT2D eigenvalue weighted by Crippen LogP contribution is -2.45. The van der Waals surface area contributed by atoms with Crippen LogP contribution in [0.3, 0.4) is 0 Å². The monoisotopic (exact) mass is 417 g/mol. The molecule has 0 saturated carbocycles. The summed E-state index contributed by atoms with van der Waals surface area (Å²) < 4.78 is 13.2. The van der Waals surface area contributed by atoms with Gasteiger partial charge in [-0.2, -0.15) is 5.10 Å². The number of aromatic nitrogens is 2. The van der Waals surface area contributed by atoms with Crippen molar-refractivity contribution in [2.24, 2.45) is 0 Å². The summed E-state index contributed by atoms with van der Waals surface area (Å²) in [7, 11) is 1.30. The first kappa shape index (κ1) is 19.5. The standard InChI is InChI=1S/C24H23N3O4/c1-15-21-22(17-6-3-4-9-20(17)31-24(21)10-12-25-13-11-24)26-27(15)19-8-5-7-16(18(19)14-28)23(29)30-2/h3-9,14,25H,10-13H2,1-2H3. The molecule has 3 aromatic rings. The van der Waals surface area contributed by atoms with Crippen LogP contribution in [0.4, 0.5) is 0 Å². The van der Waals surface area contributed by atoms with Gasteiger partial charge in [0.2, 0.25) is 0 Å². The van der Waals surface area contributed by atoms with Crippen LogP contribution in [0, 0.1) is 6.92 Å². The van der Waals surface area contributed by atoms with Crippen LogP contribution in [0.2, 0.25) is 0 Å².